The van der Waals surface area contributed by atoms with Gasteiger partial charge in [0.15, 0.2) is 0 Å². The molecule has 2 aliphatic rings. The van der Waals surface area contributed by atoms with Crippen LogP contribution in [0.2, 0.25) is 0 Å². The number of amides is 1. The van der Waals surface area contributed by atoms with Gasteiger partial charge in [0.05, 0.1) is 5.41 Å². The molecule has 0 saturated carbocycles. The first-order chi connectivity index (χ1) is 14.5. The van der Waals surface area contributed by atoms with E-state index in [1.807, 2.05) is 24.3 Å². The highest BCUT2D eigenvalue weighted by Gasteiger charge is 2.41. The molecule has 0 radical (unpaired) electrons. The van der Waals surface area contributed by atoms with Crippen molar-refractivity contribution >= 4 is 27.5 Å². The molecule has 1 N–H and O–H groups in total. The predicted octanol–water partition coefficient (Wildman–Crippen LogP) is 5.37. The van der Waals surface area contributed by atoms with Crippen LogP contribution in [0.3, 0.4) is 0 Å². The Morgan fingerprint density at radius 1 is 1.13 bits per heavy atom. The Morgan fingerprint density at radius 3 is 2.50 bits per heavy atom. The molecule has 160 valence electrons. The summed E-state index contributed by atoms with van der Waals surface area (Å²) in [5.74, 6) is 0.845. The summed E-state index contributed by atoms with van der Waals surface area (Å²) in [6, 6.07) is 16.5. The van der Waals surface area contributed by atoms with Crippen molar-refractivity contribution in [2.75, 3.05) is 31.6 Å². The van der Waals surface area contributed by atoms with Gasteiger partial charge in [0.1, 0.15) is 0 Å². The SMILES string of the molecule is CC1CCCN(Cc2ccc(NC(=O)C3(c4ccc(Br)cc4)CCOCC3)cc2)C1. The molecule has 30 heavy (non-hydrogen) atoms. The van der Waals surface area contributed by atoms with Crippen LogP contribution in [-0.4, -0.2) is 37.1 Å². The van der Waals surface area contributed by atoms with Gasteiger partial charge in [-0.1, -0.05) is 47.1 Å². The zero-order valence-electron chi connectivity index (χ0n) is 17.7. The highest BCUT2D eigenvalue weighted by Crippen LogP contribution is 2.36. The number of halogens is 1. The summed E-state index contributed by atoms with van der Waals surface area (Å²) in [5.41, 5.74) is 2.68. The van der Waals surface area contributed by atoms with Crippen molar-refractivity contribution in [1.82, 2.24) is 4.90 Å². The second-order valence-electron chi connectivity index (χ2n) is 8.83. The van der Waals surface area contributed by atoms with E-state index in [0.29, 0.717) is 26.1 Å². The van der Waals surface area contributed by atoms with Gasteiger partial charge in [-0.3, -0.25) is 9.69 Å². The molecule has 2 aromatic rings. The zero-order chi connectivity index (χ0) is 21.0. The van der Waals surface area contributed by atoms with Gasteiger partial charge in [-0.25, -0.2) is 0 Å². The van der Waals surface area contributed by atoms with Crippen molar-refractivity contribution in [2.24, 2.45) is 5.92 Å². The molecule has 4 rings (SSSR count). The third kappa shape index (κ3) is 4.96. The summed E-state index contributed by atoms with van der Waals surface area (Å²) >= 11 is 3.49. The number of benzene rings is 2. The first kappa shape index (κ1) is 21.5. The summed E-state index contributed by atoms with van der Waals surface area (Å²) in [6.45, 7) is 6.89. The highest BCUT2D eigenvalue weighted by atomic mass is 79.9. The van der Waals surface area contributed by atoms with E-state index in [9.17, 15) is 4.79 Å². The number of nitrogens with one attached hydrogen (secondary N) is 1. The summed E-state index contributed by atoms with van der Waals surface area (Å²) in [5, 5.41) is 3.18. The van der Waals surface area contributed by atoms with Crippen molar-refractivity contribution in [3.05, 3.63) is 64.1 Å². The van der Waals surface area contributed by atoms with E-state index in [1.54, 1.807) is 0 Å². The Bertz CT molecular complexity index is 844. The molecule has 2 aromatic carbocycles. The maximum absolute atomic E-state index is 13.4. The number of nitrogens with zero attached hydrogens (tertiary/aromatic N) is 1. The quantitative estimate of drug-likeness (QED) is 0.638. The van der Waals surface area contributed by atoms with E-state index < -0.39 is 5.41 Å². The molecule has 0 aromatic heterocycles. The highest BCUT2D eigenvalue weighted by molar-refractivity contribution is 9.10. The molecular formula is C25H31BrN2O2. The number of rotatable bonds is 5. The van der Waals surface area contributed by atoms with Gasteiger partial charge in [0.25, 0.3) is 0 Å². The maximum Gasteiger partial charge on any atom is 0.235 e. The molecule has 0 aliphatic carbocycles. The van der Waals surface area contributed by atoms with E-state index in [1.165, 1.54) is 31.5 Å². The van der Waals surface area contributed by atoms with Crippen molar-refractivity contribution in [1.29, 1.82) is 0 Å². The lowest BCUT2D eigenvalue weighted by atomic mass is 9.73. The van der Waals surface area contributed by atoms with Crippen molar-refractivity contribution in [3.8, 4) is 0 Å². The maximum atomic E-state index is 13.4. The summed E-state index contributed by atoms with van der Waals surface area (Å²) < 4.78 is 6.59. The molecule has 1 amide bonds. The topological polar surface area (TPSA) is 41.6 Å². The molecule has 1 unspecified atom stereocenters. The molecule has 1 atom stereocenters. The fourth-order valence-electron chi connectivity index (χ4n) is 4.77. The second-order valence-corrected chi connectivity index (χ2v) is 9.75. The normalized spacial score (nSPS) is 21.9. The van der Waals surface area contributed by atoms with Gasteiger partial charge in [-0.2, -0.15) is 0 Å². The minimum atomic E-state index is -0.540. The molecule has 4 nitrogen and oxygen atoms in total. The summed E-state index contributed by atoms with van der Waals surface area (Å²) in [7, 11) is 0. The van der Waals surface area contributed by atoms with Crippen LogP contribution in [0.5, 0.6) is 0 Å². The summed E-state index contributed by atoms with van der Waals surface area (Å²) in [6.07, 6.45) is 4.03. The monoisotopic (exact) mass is 470 g/mol. The van der Waals surface area contributed by atoms with Gasteiger partial charge in [0.2, 0.25) is 5.91 Å². The molecule has 2 aliphatic heterocycles. The number of likely N-dealkylation sites (tertiary alicyclic amines) is 1. The van der Waals surface area contributed by atoms with Crippen LogP contribution in [0.1, 0.15) is 43.7 Å². The van der Waals surface area contributed by atoms with Gasteiger partial charge in [0, 0.05) is 36.5 Å². The van der Waals surface area contributed by atoms with Crippen LogP contribution in [0.15, 0.2) is 53.0 Å². The molecule has 2 heterocycles. The Kier molecular flexibility index (Phi) is 6.91. The minimum absolute atomic E-state index is 0.0609. The average Bonchev–Trinajstić information content (AvgIpc) is 2.76. The van der Waals surface area contributed by atoms with E-state index in [2.05, 4.69) is 57.3 Å². The third-order valence-electron chi connectivity index (χ3n) is 6.54. The standard InChI is InChI=1S/C25H31BrN2O2/c1-19-3-2-14-28(17-19)18-20-4-10-23(11-5-20)27-24(29)25(12-15-30-16-13-25)21-6-8-22(26)9-7-21/h4-11,19H,2-3,12-18H2,1H3,(H,27,29). The average molecular weight is 471 g/mol. The largest absolute Gasteiger partial charge is 0.381 e. The van der Waals surface area contributed by atoms with Crippen molar-refractivity contribution < 1.29 is 9.53 Å². The van der Waals surface area contributed by atoms with Crippen molar-refractivity contribution in [3.63, 3.8) is 0 Å². The van der Waals surface area contributed by atoms with Gasteiger partial charge >= 0.3 is 0 Å². The van der Waals surface area contributed by atoms with Crippen LogP contribution in [-0.2, 0) is 21.5 Å². The van der Waals surface area contributed by atoms with E-state index in [4.69, 9.17) is 4.74 Å². The van der Waals surface area contributed by atoms with Crippen LogP contribution >= 0.6 is 15.9 Å². The fourth-order valence-corrected chi connectivity index (χ4v) is 5.03. The smallest absolute Gasteiger partial charge is 0.235 e. The lowest BCUT2D eigenvalue weighted by molar-refractivity contribution is -0.125. The van der Waals surface area contributed by atoms with E-state index >= 15 is 0 Å². The first-order valence-electron chi connectivity index (χ1n) is 11.0. The van der Waals surface area contributed by atoms with Gasteiger partial charge in [-0.15, -0.1) is 0 Å². The Balaban J connectivity index is 1.45. The van der Waals surface area contributed by atoms with Crippen LogP contribution < -0.4 is 5.32 Å². The van der Waals surface area contributed by atoms with Crippen LogP contribution in [0.25, 0.3) is 0 Å². The second kappa shape index (κ2) is 9.63. The molecule has 0 bridgehead atoms. The predicted molar refractivity (Wildman–Crippen MR) is 125 cm³/mol. The van der Waals surface area contributed by atoms with E-state index in [-0.39, 0.29) is 5.91 Å². The van der Waals surface area contributed by atoms with E-state index in [0.717, 1.165) is 28.2 Å². The fraction of sp³-hybridized carbons (Fsp3) is 0.480. The first-order valence-corrected chi connectivity index (χ1v) is 11.8. The minimum Gasteiger partial charge on any atom is -0.381 e. The number of carbonyl (C=O) groups excluding carboxylic acids is 1. The third-order valence-corrected chi connectivity index (χ3v) is 7.07. The molecule has 5 heteroatoms. The summed E-state index contributed by atoms with van der Waals surface area (Å²) in [4.78, 5) is 16.0. The zero-order valence-corrected chi connectivity index (χ0v) is 19.3. The number of hydrogen-bond donors (Lipinski definition) is 1. The molecule has 2 saturated heterocycles. The Labute approximate surface area is 188 Å². The van der Waals surface area contributed by atoms with Gasteiger partial charge in [-0.05, 0) is 73.5 Å². The van der Waals surface area contributed by atoms with Crippen LogP contribution in [0, 0.1) is 5.92 Å². The number of ether oxygens (including phenoxy) is 1. The number of hydrogen-bond acceptors (Lipinski definition) is 3. The van der Waals surface area contributed by atoms with Gasteiger partial charge < -0.3 is 10.1 Å². The molecular weight excluding hydrogens is 440 g/mol. The lowest BCUT2D eigenvalue weighted by Gasteiger charge is -2.36. The molecule has 2 fully saturated rings. The Hall–Kier alpha value is -1.69. The lowest BCUT2D eigenvalue weighted by Crippen LogP contribution is -2.44. The number of anilines is 1. The van der Waals surface area contributed by atoms with Crippen molar-refractivity contribution in [2.45, 2.75) is 44.6 Å². The number of piperidine rings is 1. The van der Waals surface area contributed by atoms with Crippen LogP contribution in [0.4, 0.5) is 5.69 Å². The number of carbonyl (C=O) groups is 1. The molecule has 0 spiro atoms. The Morgan fingerprint density at radius 2 is 1.83 bits per heavy atom.